The minimum atomic E-state index is 0.757. The van der Waals surface area contributed by atoms with E-state index in [9.17, 15) is 0 Å². The van der Waals surface area contributed by atoms with Crippen LogP contribution in [0.1, 0.15) is 11.1 Å². The second-order valence-corrected chi connectivity index (χ2v) is 5.05. The molecule has 2 nitrogen and oxygen atoms in total. The van der Waals surface area contributed by atoms with E-state index >= 15 is 0 Å². The average molecular weight is 275 g/mol. The lowest BCUT2D eigenvalue weighted by Gasteiger charge is -2.12. The zero-order valence-electron chi connectivity index (χ0n) is 11.3. The molecule has 0 spiro atoms. The minimum Gasteiger partial charge on any atom is -0.383 e. The first-order valence-electron chi connectivity index (χ1n) is 6.46. The third-order valence-electron chi connectivity index (χ3n) is 3.20. The van der Waals surface area contributed by atoms with E-state index in [1.807, 2.05) is 24.3 Å². The molecule has 0 bridgehead atoms. The van der Waals surface area contributed by atoms with Gasteiger partial charge in [-0.25, -0.2) is 0 Å². The normalized spacial score (nSPS) is 10.3. The molecular formula is C16H19ClN2. The van der Waals surface area contributed by atoms with E-state index in [-0.39, 0.29) is 0 Å². The van der Waals surface area contributed by atoms with Crippen LogP contribution in [-0.2, 0) is 0 Å². The highest BCUT2D eigenvalue weighted by Crippen LogP contribution is 2.18. The first-order valence-corrected chi connectivity index (χ1v) is 6.84. The second kappa shape index (κ2) is 6.48. The minimum absolute atomic E-state index is 0.757. The van der Waals surface area contributed by atoms with Crippen LogP contribution in [-0.4, -0.2) is 13.1 Å². The Morgan fingerprint density at radius 2 is 1.68 bits per heavy atom. The molecule has 3 heteroatoms. The van der Waals surface area contributed by atoms with Gasteiger partial charge in [-0.2, -0.15) is 0 Å². The molecule has 0 aliphatic rings. The van der Waals surface area contributed by atoms with Gasteiger partial charge in [0.05, 0.1) is 0 Å². The molecule has 2 aromatic rings. The Balaban J connectivity index is 1.82. The molecule has 0 saturated carbocycles. The molecule has 0 saturated heterocycles. The molecule has 19 heavy (non-hydrogen) atoms. The topological polar surface area (TPSA) is 24.1 Å². The van der Waals surface area contributed by atoms with Crippen molar-refractivity contribution < 1.29 is 0 Å². The fourth-order valence-corrected chi connectivity index (χ4v) is 2.14. The van der Waals surface area contributed by atoms with Crippen molar-refractivity contribution in [1.29, 1.82) is 0 Å². The molecule has 0 unspecified atom stereocenters. The smallest absolute Gasteiger partial charge is 0.0426 e. The maximum absolute atomic E-state index is 5.94. The van der Waals surface area contributed by atoms with Crippen LogP contribution in [0.5, 0.6) is 0 Å². The van der Waals surface area contributed by atoms with Crippen LogP contribution in [0.3, 0.4) is 0 Å². The number of nitrogens with one attached hydrogen (secondary N) is 2. The quantitative estimate of drug-likeness (QED) is 0.786. The molecule has 0 atom stereocenters. The summed E-state index contributed by atoms with van der Waals surface area (Å²) >= 11 is 5.94. The van der Waals surface area contributed by atoms with Crippen molar-refractivity contribution in [2.24, 2.45) is 0 Å². The number of rotatable bonds is 5. The molecular weight excluding hydrogens is 256 g/mol. The summed E-state index contributed by atoms with van der Waals surface area (Å²) in [6.07, 6.45) is 0. The van der Waals surface area contributed by atoms with Crippen LogP contribution < -0.4 is 10.6 Å². The molecule has 0 fully saturated rings. The first-order chi connectivity index (χ1) is 9.16. The van der Waals surface area contributed by atoms with Gasteiger partial charge in [0.25, 0.3) is 0 Å². The fraction of sp³-hybridized carbons (Fsp3) is 0.250. The Morgan fingerprint density at radius 3 is 2.47 bits per heavy atom. The van der Waals surface area contributed by atoms with Crippen molar-refractivity contribution >= 4 is 23.0 Å². The largest absolute Gasteiger partial charge is 0.383 e. The van der Waals surface area contributed by atoms with Crippen molar-refractivity contribution in [1.82, 2.24) is 0 Å². The molecule has 2 N–H and O–H groups in total. The highest BCUT2D eigenvalue weighted by molar-refractivity contribution is 6.30. The molecule has 100 valence electrons. The number of hydrogen-bond acceptors (Lipinski definition) is 2. The molecule has 0 radical (unpaired) electrons. The van der Waals surface area contributed by atoms with E-state index in [1.165, 1.54) is 16.8 Å². The van der Waals surface area contributed by atoms with Crippen molar-refractivity contribution in [3.63, 3.8) is 0 Å². The molecule has 0 aliphatic carbocycles. The van der Waals surface area contributed by atoms with Gasteiger partial charge in [-0.1, -0.05) is 29.8 Å². The number of anilines is 2. The Kier molecular flexibility index (Phi) is 4.69. The number of benzene rings is 2. The molecule has 0 heterocycles. The van der Waals surface area contributed by atoms with Crippen LogP contribution in [0, 0.1) is 13.8 Å². The summed E-state index contributed by atoms with van der Waals surface area (Å²) < 4.78 is 0. The van der Waals surface area contributed by atoms with Crippen LogP contribution >= 0.6 is 11.6 Å². The zero-order valence-corrected chi connectivity index (χ0v) is 12.1. The number of hydrogen-bond donors (Lipinski definition) is 2. The van der Waals surface area contributed by atoms with Crippen molar-refractivity contribution in [3.05, 3.63) is 58.6 Å². The predicted molar refractivity (Wildman–Crippen MR) is 84.3 cm³/mol. The van der Waals surface area contributed by atoms with Crippen LogP contribution in [0.4, 0.5) is 11.4 Å². The van der Waals surface area contributed by atoms with Crippen molar-refractivity contribution in [2.45, 2.75) is 13.8 Å². The van der Waals surface area contributed by atoms with Gasteiger partial charge in [-0.3, -0.25) is 0 Å². The lowest BCUT2D eigenvalue weighted by atomic mass is 10.1. The van der Waals surface area contributed by atoms with Gasteiger partial charge in [0.2, 0.25) is 0 Å². The first kappa shape index (κ1) is 13.8. The van der Waals surface area contributed by atoms with Crippen LogP contribution in [0.25, 0.3) is 0 Å². The summed E-state index contributed by atoms with van der Waals surface area (Å²) in [4.78, 5) is 0. The standard InChI is InChI=1S/C16H19ClN2/c1-12-5-3-8-16(13(12)2)19-10-9-18-15-7-4-6-14(17)11-15/h3-8,11,18-19H,9-10H2,1-2H3. The van der Waals surface area contributed by atoms with E-state index in [2.05, 4.69) is 42.7 Å². The van der Waals surface area contributed by atoms with E-state index in [0.29, 0.717) is 0 Å². The maximum Gasteiger partial charge on any atom is 0.0426 e. The SMILES string of the molecule is Cc1cccc(NCCNc2cccc(Cl)c2)c1C. The summed E-state index contributed by atoms with van der Waals surface area (Å²) in [7, 11) is 0. The van der Waals surface area contributed by atoms with Crippen molar-refractivity contribution in [2.75, 3.05) is 23.7 Å². The Bertz CT molecular complexity index is 552. The third kappa shape index (κ3) is 3.90. The van der Waals surface area contributed by atoms with E-state index in [0.717, 1.165) is 23.8 Å². The summed E-state index contributed by atoms with van der Waals surface area (Å²) in [5, 5.41) is 7.54. The molecule has 0 amide bonds. The average Bonchev–Trinajstić information content (AvgIpc) is 2.39. The molecule has 2 aromatic carbocycles. The van der Waals surface area contributed by atoms with E-state index in [4.69, 9.17) is 11.6 Å². The number of halogens is 1. The van der Waals surface area contributed by atoms with Gasteiger partial charge in [-0.15, -0.1) is 0 Å². The van der Waals surface area contributed by atoms with Crippen LogP contribution in [0.15, 0.2) is 42.5 Å². The monoisotopic (exact) mass is 274 g/mol. The van der Waals surface area contributed by atoms with Crippen molar-refractivity contribution in [3.8, 4) is 0 Å². The summed E-state index contributed by atoms with van der Waals surface area (Å²) in [6.45, 7) is 6.00. The second-order valence-electron chi connectivity index (χ2n) is 4.61. The van der Waals surface area contributed by atoms with Crippen LogP contribution in [0.2, 0.25) is 5.02 Å². The Labute approximate surface area is 119 Å². The molecule has 0 aliphatic heterocycles. The third-order valence-corrected chi connectivity index (χ3v) is 3.43. The van der Waals surface area contributed by atoms with Gasteiger partial charge in [0.1, 0.15) is 0 Å². The molecule has 0 aromatic heterocycles. The molecule has 2 rings (SSSR count). The van der Waals surface area contributed by atoms with Gasteiger partial charge < -0.3 is 10.6 Å². The summed E-state index contributed by atoms with van der Waals surface area (Å²) in [5.41, 5.74) is 4.88. The fourth-order valence-electron chi connectivity index (χ4n) is 1.95. The highest BCUT2D eigenvalue weighted by atomic mass is 35.5. The van der Waals surface area contributed by atoms with E-state index in [1.54, 1.807) is 0 Å². The maximum atomic E-state index is 5.94. The highest BCUT2D eigenvalue weighted by Gasteiger charge is 1.99. The predicted octanol–water partition coefficient (Wildman–Crippen LogP) is 4.48. The lowest BCUT2D eigenvalue weighted by Crippen LogP contribution is -2.14. The Morgan fingerprint density at radius 1 is 0.947 bits per heavy atom. The number of aryl methyl sites for hydroxylation is 1. The Hall–Kier alpha value is -1.67. The lowest BCUT2D eigenvalue weighted by molar-refractivity contribution is 1.07. The van der Waals surface area contributed by atoms with E-state index < -0.39 is 0 Å². The van der Waals surface area contributed by atoms with Gasteiger partial charge in [0, 0.05) is 29.5 Å². The van der Waals surface area contributed by atoms with Gasteiger partial charge in [0.15, 0.2) is 0 Å². The summed E-state index contributed by atoms with van der Waals surface area (Å²) in [5.74, 6) is 0. The summed E-state index contributed by atoms with van der Waals surface area (Å²) in [6, 6.07) is 14.1. The van der Waals surface area contributed by atoms with Gasteiger partial charge in [-0.05, 0) is 49.2 Å². The van der Waals surface area contributed by atoms with Gasteiger partial charge >= 0.3 is 0 Å². The zero-order chi connectivity index (χ0) is 13.7.